The summed E-state index contributed by atoms with van der Waals surface area (Å²) < 4.78 is 25.1. The number of sulfonamides is 1. The van der Waals surface area contributed by atoms with E-state index in [9.17, 15) is 8.42 Å². The molecular weight excluding hydrogens is 278 g/mol. The van der Waals surface area contributed by atoms with Gasteiger partial charge in [0.25, 0.3) is 0 Å². The molecule has 0 unspecified atom stereocenters. The predicted octanol–water partition coefficient (Wildman–Crippen LogP) is 0.133. The molecule has 20 heavy (non-hydrogen) atoms. The number of benzene rings is 1. The second-order valence-electron chi connectivity index (χ2n) is 4.69. The van der Waals surface area contributed by atoms with Gasteiger partial charge in [-0.1, -0.05) is 6.07 Å². The lowest BCUT2D eigenvalue weighted by Crippen LogP contribution is -2.34. The topological polar surface area (TPSA) is 107 Å². The minimum absolute atomic E-state index is 0.0380. The summed E-state index contributed by atoms with van der Waals surface area (Å²) in [5, 5.41) is 5.17. The summed E-state index contributed by atoms with van der Waals surface area (Å²) in [6.07, 6.45) is 3.68. The van der Waals surface area contributed by atoms with E-state index in [2.05, 4.69) is 9.55 Å². The molecule has 4 N–H and O–H groups in total. The monoisotopic (exact) mass is 293 g/mol. The predicted molar refractivity (Wildman–Crippen MR) is 75.5 cm³/mol. The van der Waals surface area contributed by atoms with E-state index in [1.165, 1.54) is 6.07 Å². The van der Waals surface area contributed by atoms with Crippen LogP contribution in [-0.2, 0) is 23.1 Å². The fraction of sp³-hybridized carbons (Fsp3) is 0.250. The molecule has 2 aromatic rings. The molecule has 7 nitrogen and oxygen atoms in total. The molecule has 1 aromatic carbocycles. The van der Waals surface area contributed by atoms with Gasteiger partial charge in [-0.15, -0.1) is 0 Å². The second kappa shape index (κ2) is 4.50. The SMILES string of the molecule is Nc1c(N2CCn3ccnc3C2)cccc1S(N)(=O)=O. The van der Waals surface area contributed by atoms with Gasteiger partial charge in [0.1, 0.15) is 10.7 Å². The van der Waals surface area contributed by atoms with Crippen LogP contribution in [0.2, 0.25) is 0 Å². The minimum Gasteiger partial charge on any atom is -0.396 e. The summed E-state index contributed by atoms with van der Waals surface area (Å²) in [6.45, 7) is 2.11. The first-order valence-electron chi connectivity index (χ1n) is 6.13. The lowest BCUT2D eigenvalue weighted by molar-refractivity contribution is 0.560. The van der Waals surface area contributed by atoms with Crippen molar-refractivity contribution in [2.24, 2.45) is 5.14 Å². The highest BCUT2D eigenvalue weighted by Crippen LogP contribution is 2.31. The Morgan fingerprint density at radius 2 is 2.05 bits per heavy atom. The van der Waals surface area contributed by atoms with Gasteiger partial charge < -0.3 is 15.2 Å². The number of rotatable bonds is 2. The summed E-state index contributed by atoms with van der Waals surface area (Å²) in [5.41, 5.74) is 6.83. The number of nitrogen functional groups attached to an aromatic ring is 1. The molecule has 106 valence electrons. The van der Waals surface area contributed by atoms with Crippen molar-refractivity contribution in [2.75, 3.05) is 17.2 Å². The summed E-state index contributed by atoms with van der Waals surface area (Å²) in [7, 11) is -3.82. The number of aromatic nitrogens is 2. The van der Waals surface area contributed by atoms with Crippen LogP contribution in [0.5, 0.6) is 0 Å². The maximum Gasteiger partial charge on any atom is 0.240 e. The molecule has 0 atom stereocenters. The van der Waals surface area contributed by atoms with Crippen molar-refractivity contribution in [3.05, 3.63) is 36.4 Å². The van der Waals surface area contributed by atoms with Crippen molar-refractivity contribution in [2.45, 2.75) is 18.0 Å². The molecule has 1 aliphatic heterocycles. The van der Waals surface area contributed by atoms with Crippen molar-refractivity contribution >= 4 is 21.4 Å². The van der Waals surface area contributed by atoms with Crippen molar-refractivity contribution in [1.29, 1.82) is 0 Å². The quantitative estimate of drug-likeness (QED) is 0.765. The first-order chi connectivity index (χ1) is 9.47. The van der Waals surface area contributed by atoms with Crippen LogP contribution in [0, 0.1) is 0 Å². The van der Waals surface area contributed by atoms with Gasteiger partial charge in [-0.3, -0.25) is 0 Å². The van der Waals surface area contributed by atoms with E-state index in [4.69, 9.17) is 10.9 Å². The maximum atomic E-state index is 11.5. The highest BCUT2D eigenvalue weighted by Gasteiger charge is 2.22. The fourth-order valence-electron chi connectivity index (χ4n) is 2.44. The van der Waals surface area contributed by atoms with Crippen LogP contribution in [0.3, 0.4) is 0 Å². The maximum absolute atomic E-state index is 11.5. The molecule has 2 heterocycles. The Morgan fingerprint density at radius 3 is 2.80 bits per heavy atom. The van der Waals surface area contributed by atoms with Gasteiger partial charge in [0, 0.05) is 25.5 Å². The van der Waals surface area contributed by atoms with Crippen LogP contribution in [0.25, 0.3) is 0 Å². The van der Waals surface area contributed by atoms with E-state index in [1.807, 2.05) is 11.1 Å². The van der Waals surface area contributed by atoms with Crippen LogP contribution < -0.4 is 15.8 Å². The Hall–Kier alpha value is -2.06. The number of imidazole rings is 1. The summed E-state index contributed by atoms with van der Waals surface area (Å²) in [6, 6.07) is 4.86. The van der Waals surface area contributed by atoms with Crippen molar-refractivity contribution in [3.63, 3.8) is 0 Å². The van der Waals surface area contributed by atoms with Gasteiger partial charge in [0.05, 0.1) is 17.9 Å². The van der Waals surface area contributed by atoms with Crippen LogP contribution >= 0.6 is 0 Å². The molecule has 3 rings (SSSR count). The lowest BCUT2D eigenvalue weighted by Gasteiger charge is -2.30. The average molecular weight is 293 g/mol. The molecule has 0 saturated carbocycles. The number of nitrogens with two attached hydrogens (primary N) is 2. The van der Waals surface area contributed by atoms with Crippen LogP contribution in [0.4, 0.5) is 11.4 Å². The van der Waals surface area contributed by atoms with E-state index < -0.39 is 10.0 Å². The molecule has 1 aromatic heterocycles. The Bertz CT molecular complexity index is 753. The molecule has 0 bridgehead atoms. The number of fused-ring (bicyclic) bond motifs is 1. The minimum atomic E-state index is -3.82. The third-order valence-corrected chi connectivity index (χ3v) is 4.40. The number of primary sulfonamides is 1. The van der Waals surface area contributed by atoms with Gasteiger partial charge in [-0.2, -0.15) is 0 Å². The van der Waals surface area contributed by atoms with Crippen molar-refractivity contribution < 1.29 is 8.42 Å². The van der Waals surface area contributed by atoms with E-state index in [0.29, 0.717) is 12.2 Å². The zero-order chi connectivity index (χ0) is 14.3. The molecular formula is C12H15N5O2S. The van der Waals surface area contributed by atoms with Gasteiger partial charge >= 0.3 is 0 Å². The van der Waals surface area contributed by atoms with Crippen molar-refractivity contribution in [3.8, 4) is 0 Å². The lowest BCUT2D eigenvalue weighted by atomic mass is 10.2. The molecule has 0 fully saturated rings. The normalized spacial score (nSPS) is 15.2. The molecule has 0 radical (unpaired) electrons. The van der Waals surface area contributed by atoms with Crippen LogP contribution in [0.1, 0.15) is 5.82 Å². The first kappa shape index (κ1) is 12.9. The Balaban J connectivity index is 2.00. The van der Waals surface area contributed by atoms with E-state index in [-0.39, 0.29) is 10.6 Å². The molecule has 0 spiro atoms. The number of nitrogens with zero attached hydrogens (tertiary/aromatic N) is 3. The molecule has 0 saturated heterocycles. The largest absolute Gasteiger partial charge is 0.396 e. The number of anilines is 2. The van der Waals surface area contributed by atoms with Crippen LogP contribution in [-0.4, -0.2) is 24.5 Å². The zero-order valence-corrected chi connectivity index (χ0v) is 11.5. The smallest absolute Gasteiger partial charge is 0.240 e. The van der Waals surface area contributed by atoms with Gasteiger partial charge in [-0.05, 0) is 12.1 Å². The third-order valence-electron chi connectivity index (χ3n) is 3.44. The number of hydrogen-bond acceptors (Lipinski definition) is 5. The van der Waals surface area contributed by atoms with E-state index in [0.717, 1.165) is 18.9 Å². The van der Waals surface area contributed by atoms with Crippen molar-refractivity contribution in [1.82, 2.24) is 9.55 Å². The Labute approximate surface area is 116 Å². The second-order valence-corrected chi connectivity index (χ2v) is 6.22. The van der Waals surface area contributed by atoms with E-state index >= 15 is 0 Å². The Morgan fingerprint density at radius 1 is 1.25 bits per heavy atom. The van der Waals surface area contributed by atoms with E-state index in [1.54, 1.807) is 18.3 Å². The highest BCUT2D eigenvalue weighted by molar-refractivity contribution is 7.89. The standard InChI is InChI=1S/C12H15N5O2S/c13-12-9(2-1-3-10(12)20(14,18)19)17-7-6-16-5-4-15-11(16)8-17/h1-5H,6-8,13H2,(H2,14,18,19). The summed E-state index contributed by atoms with van der Waals surface area (Å²) in [5.74, 6) is 0.927. The first-order valence-corrected chi connectivity index (χ1v) is 7.67. The highest BCUT2D eigenvalue weighted by atomic mass is 32.2. The van der Waals surface area contributed by atoms with Crippen LogP contribution in [0.15, 0.2) is 35.5 Å². The van der Waals surface area contributed by atoms with Gasteiger partial charge in [0.2, 0.25) is 10.0 Å². The molecule has 0 amide bonds. The molecule has 8 heteroatoms. The summed E-state index contributed by atoms with van der Waals surface area (Å²) in [4.78, 5) is 6.24. The number of para-hydroxylation sites is 1. The third kappa shape index (κ3) is 2.12. The zero-order valence-electron chi connectivity index (χ0n) is 10.7. The molecule has 0 aliphatic carbocycles. The summed E-state index contributed by atoms with van der Waals surface area (Å²) >= 11 is 0. The fourth-order valence-corrected chi connectivity index (χ4v) is 3.11. The van der Waals surface area contributed by atoms with Gasteiger partial charge in [-0.25, -0.2) is 18.5 Å². The number of hydrogen-bond donors (Lipinski definition) is 2. The Kier molecular flexibility index (Phi) is 2.91. The molecule has 1 aliphatic rings. The average Bonchev–Trinajstić information content (AvgIpc) is 2.84. The van der Waals surface area contributed by atoms with Gasteiger partial charge in [0.15, 0.2) is 0 Å².